The molecule has 0 saturated carbocycles. The zero-order valence-corrected chi connectivity index (χ0v) is 14.6. The highest BCUT2D eigenvalue weighted by atomic mass is 16.2. The number of aromatic amines is 2. The van der Waals surface area contributed by atoms with Gasteiger partial charge in [-0.15, -0.1) is 0 Å². The van der Waals surface area contributed by atoms with E-state index in [4.69, 9.17) is 0 Å². The summed E-state index contributed by atoms with van der Waals surface area (Å²) in [7, 11) is 0. The van der Waals surface area contributed by atoms with E-state index in [0.29, 0.717) is 17.7 Å². The Bertz CT molecular complexity index is 880. The molecular formula is C19H23N3O3. The summed E-state index contributed by atoms with van der Waals surface area (Å²) in [5.74, 6) is 0.0491. The van der Waals surface area contributed by atoms with Crippen molar-refractivity contribution in [1.82, 2.24) is 14.9 Å². The minimum Gasteiger partial charge on any atom is -0.336 e. The number of carbonyl (C=O) groups excluding carboxylic acids is 1. The summed E-state index contributed by atoms with van der Waals surface area (Å²) in [6.45, 7) is 4.48. The van der Waals surface area contributed by atoms with Crippen molar-refractivity contribution in [3.8, 4) is 0 Å². The minimum atomic E-state index is -0.517. The number of aryl methyl sites for hydroxylation is 2. The zero-order chi connectivity index (χ0) is 18.0. The van der Waals surface area contributed by atoms with Crippen molar-refractivity contribution in [1.29, 1.82) is 0 Å². The molecule has 2 aromatic rings. The average Bonchev–Trinajstić information content (AvgIpc) is 3.04. The number of nitrogens with one attached hydrogen (secondary N) is 2. The summed E-state index contributed by atoms with van der Waals surface area (Å²) in [5.41, 5.74) is 2.43. The first-order valence-corrected chi connectivity index (χ1v) is 8.64. The zero-order valence-electron chi connectivity index (χ0n) is 14.6. The lowest BCUT2D eigenvalue weighted by Gasteiger charge is -2.25. The Morgan fingerprint density at radius 2 is 1.88 bits per heavy atom. The van der Waals surface area contributed by atoms with Crippen molar-refractivity contribution in [2.45, 2.75) is 45.6 Å². The number of carbonyl (C=O) groups is 1. The molecule has 1 aliphatic heterocycles. The van der Waals surface area contributed by atoms with Gasteiger partial charge in [-0.1, -0.05) is 29.8 Å². The summed E-state index contributed by atoms with van der Waals surface area (Å²) in [4.78, 5) is 42.6. The fourth-order valence-electron chi connectivity index (χ4n) is 3.50. The number of hydrogen-bond acceptors (Lipinski definition) is 3. The van der Waals surface area contributed by atoms with Crippen molar-refractivity contribution in [2.75, 3.05) is 6.54 Å². The molecular weight excluding hydrogens is 318 g/mol. The lowest BCUT2D eigenvalue weighted by molar-refractivity contribution is -0.132. The van der Waals surface area contributed by atoms with Crippen LogP contribution in [0.2, 0.25) is 0 Å². The third-order valence-electron chi connectivity index (χ3n) is 4.88. The van der Waals surface area contributed by atoms with Gasteiger partial charge >= 0.3 is 5.69 Å². The third-order valence-corrected chi connectivity index (χ3v) is 4.88. The van der Waals surface area contributed by atoms with Crippen LogP contribution in [0.15, 0.2) is 33.9 Å². The molecule has 132 valence electrons. The normalized spacial score (nSPS) is 17.0. The quantitative estimate of drug-likeness (QED) is 0.891. The van der Waals surface area contributed by atoms with Crippen LogP contribution in [0, 0.1) is 13.8 Å². The molecule has 25 heavy (non-hydrogen) atoms. The van der Waals surface area contributed by atoms with Crippen LogP contribution in [0.5, 0.6) is 0 Å². The molecule has 1 atom stereocenters. The molecule has 2 heterocycles. The molecule has 6 heteroatoms. The number of H-pyrrole nitrogens is 2. The van der Waals surface area contributed by atoms with Gasteiger partial charge in [-0.3, -0.25) is 14.6 Å². The molecule has 0 unspecified atom stereocenters. The predicted molar refractivity (Wildman–Crippen MR) is 95.6 cm³/mol. The van der Waals surface area contributed by atoms with Crippen LogP contribution in [-0.2, 0) is 11.2 Å². The van der Waals surface area contributed by atoms with Crippen LogP contribution >= 0.6 is 0 Å². The molecule has 1 amide bonds. The number of likely N-dealkylation sites (tertiary alicyclic amines) is 1. The fraction of sp³-hybridized carbons (Fsp3) is 0.421. The fourth-order valence-corrected chi connectivity index (χ4v) is 3.50. The maximum absolute atomic E-state index is 12.7. The van der Waals surface area contributed by atoms with Crippen molar-refractivity contribution in [3.63, 3.8) is 0 Å². The van der Waals surface area contributed by atoms with E-state index in [0.717, 1.165) is 24.9 Å². The van der Waals surface area contributed by atoms with Crippen LogP contribution in [0.3, 0.4) is 0 Å². The van der Waals surface area contributed by atoms with Gasteiger partial charge in [-0.25, -0.2) is 4.79 Å². The SMILES string of the molecule is Cc1ccc([C@@H]2CCCN2C(=O)CCc2c(C)[nH]c(=O)[nH]c2=O)cc1. The van der Waals surface area contributed by atoms with Gasteiger partial charge in [0, 0.05) is 24.2 Å². The molecule has 1 saturated heterocycles. The Hall–Kier alpha value is -2.63. The van der Waals surface area contributed by atoms with Crippen molar-refractivity contribution in [3.05, 3.63) is 67.5 Å². The molecule has 0 aliphatic carbocycles. The van der Waals surface area contributed by atoms with Gasteiger partial charge in [-0.2, -0.15) is 0 Å². The van der Waals surface area contributed by atoms with Crippen LogP contribution < -0.4 is 11.2 Å². The van der Waals surface area contributed by atoms with Crippen molar-refractivity contribution >= 4 is 5.91 Å². The summed E-state index contributed by atoms with van der Waals surface area (Å²) in [5, 5.41) is 0. The summed E-state index contributed by atoms with van der Waals surface area (Å²) in [6.07, 6.45) is 2.54. The van der Waals surface area contributed by atoms with E-state index in [2.05, 4.69) is 34.2 Å². The highest BCUT2D eigenvalue weighted by Gasteiger charge is 2.29. The predicted octanol–water partition coefficient (Wildman–Crippen LogP) is 1.98. The van der Waals surface area contributed by atoms with Crippen molar-refractivity contribution < 1.29 is 4.79 Å². The highest BCUT2D eigenvalue weighted by molar-refractivity contribution is 5.77. The van der Waals surface area contributed by atoms with E-state index < -0.39 is 11.2 Å². The van der Waals surface area contributed by atoms with Crippen LogP contribution in [-0.4, -0.2) is 27.3 Å². The summed E-state index contributed by atoms with van der Waals surface area (Å²) < 4.78 is 0. The Morgan fingerprint density at radius 1 is 1.16 bits per heavy atom. The van der Waals surface area contributed by atoms with Crippen LogP contribution in [0.25, 0.3) is 0 Å². The van der Waals surface area contributed by atoms with E-state index in [1.165, 1.54) is 5.56 Å². The van der Waals surface area contributed by atoms with Gasteiger partial charge in [0.25, 0.3) is 5.56 Å². The second-order valence-corrected chi connectivity index (χ2v) is 6.67. The molecule has 1 aromatic carbocycles. The Balaban J connectivity index is 1.71. The largest absolute Gasteiger partial charge is 0.336 e. The number of nitrogens with zero attached hydrogens (tertiary/aromatic N) is 1. The van der Waals surface area contributed by atoms with E-state index in [9.17, 15) is 14.4 Å². The molecule has 0 spiro atoms. The van der Waals surface area contributed by atoms with Gasteiger partial charge in [-0.05, 0) is 38.7 Å². The average molecular weight is 341 g/mol. The lowest BCUT2D eigenvalue weighted by atomic mass is 10.0. The molecule has 3 rings (SSSR count). The number of amides is 1. The molecule has 0 radical (unpaired) electrons. The molecule has 1 fully saturated rings. The van der Waals surface area contributed by atoms with E-state index in [1.807, 2.05) is 11.8 Å². The minimum absolute atomic E-state index is 0.0491. The summed E-state index contributed by atoms with van der Waals surface area (Å²) >= 11 is 0. The Kier molecular flexibility index (Phi) is 4.88. The smallest absolute Gasteiger partial charge is 0.325 e. The maximum Gasteiger partial charge on any atom is 0.325 e. The Labute approximate surface area is 145 Å². The molecule has 0 bridgehead atoms. The lowest BCUT2D eigenvalue weighted by Crippen LogP contribution is -2.32. The van der Waals surface area contributed by atoms with Gasteiger partial charge in [0.15, 0.2) is 0 Å². The monoisotopic (exact) mass is 341 g/mol. The second kappa shape index (κ2) is 7.09. The topological polar surface area (TPSA) is 86.0 Å². The number of aromatic nitrogens is 2. The summed E-state index contributed by atoms with van der Waals surface area (Å²) in [6, 6.07) is 8.42. The molecule has 2 N–H and O–H groups in total. The highest BCUT2D eigenvalue weighted by Crippen LogP contribution is 2.32. The maximum atomic E-state index is 12.7. The van der Waals surface area contributed by atoms with Crippen LogP contribution in [0.4, 0.5) is 0 Å². The van der Waals surface area contributed by atoms with Gasteiger partial charge < -0.3 is 9.88 Å². The second-order valence-electron chi connectivity index (χ2n) is 6.67. The first-order chi connectivity index (χ1) is 12.0. The van der Waals surface area contributed by atoms with Crippen LogP contribution in [0.1, 0.15) is 47.7 Å². The standard InChI is InChI=1S/C19H23N3O3/c1-12-5-7-14(8-6-12)16-4-3-11-22(16)17(23)10-9-15-13(2)20-19(25)21-18(15)24/h5-8,16H,3-4,9-11H2,1-2H3,(H2,20,21,24,25)/t16-/m0/s1. The number of benzene rings is 1. The van der Waals surface area contributed by atoms with Gasteiger partial charge in [0.2, 0.25) is 5.91 Å². The van der Waals surface area contributed by atoms with E-state index in [1.54, 1.807) is 6.92 Å². The number of hydrogen-bond donors (Lipinski definition) is 2. The van der Waals surface area contributed by atoms with E-state index >= 15 is 0 Å². The first-order valence-electron chi connectivity index (χ1n) is 8.64. The first kappa shape index (κ1) is 17.2. The molecule has 1 aliphatic rings. The third kappa shape index (κ3) is 3.73. The van der Waals surface area contributed by atoms with E-state index in [-0.39, 0.29) is 18.4 Å². The number of rotatable bonds is 4. The Morgan fingerprint density at radius 3 is 2.56 bits per heavy atom. The van der Waals surface area contributed by atoms with Gasteiger partial charge in [0.1, 0.15) is 0 Å². The van der Waals surface area contributed by atoms with Crippen molar-refractivity contribution in [2.24, 2.45) is 0 Å². The molecule has 1 aromatic heterocycles. The van der Waals surface area contributed by atoms with Gasteiger partial charge in [0.05, 0.1) is 6.04 Å². The molecule has 6 nitrogen and oxygen atoms in total.